The van der Waals surface area contributed by atoms with E-state index in [1.165, 1.54) is 38.3 Å². The number of Topliss-reactive ketones (excluding diaryl/α,β-unsaturated/α-hetero) is 1. The van der Waals surface area contributed by atoms with Crippen LogP contribution in [0.2, 0.25) is 0 Å². The molecule has 1 fully saturated rings. The molecule has 1 atom stereocenters. The first-order valence-corrected chi connectivity index (χ1v) is 9.28. The summed E-state index contributed by atoms with van der Waals surface area (Å²) in [5, 5.41) is 18.8. The number of carbonyl (C=O) groups excluding carboxylic acids is 2. The molecular formula is C19H26N4O6. The van der Waals surface area contributed by atoms with Crippen molar-refractivity contribution < 1.29 is 29.1 Å². The molecule has 5 N–H and O–H groups in total. The van der Waals surface area contributed by atoms with E-state index in [4.69, 9.17) is 10.5 Å². The summed E-state index contributed by atoms with van der Waals surface area (Å²) in [5.74, 6) is -2.92. The van der Waals surface area contributed by atoms with Crippen LogP contribution in [-0.4, -0.2) is 60.6 Å². The van der Waals surface area contributed by atoms with Gasteiger partial charge in [-0.3, -0.25) is 9.59 Å². The molecule has 1 aliphatic rings. The Morgan fingerprint density at radius 1 is 1.24 bits per heavy atom. The van der Waals surface area contributed by atoms with Gasteiger partial charge in [0.05, 0.1) is 6.10 Å². The van der Waals surface area contributed by atoms with Gasteiger partial charge in [0.1, 0.15) is 7.11 Å². The molecule has 1 saturated heterocycles. The van der Waals surface area contributed by atoms with Crippen molar-refractivity contribution in [3.05, 3.63) is 35.4 Å². The van der Waals surface area contributed by atoms with Gasteiger partial charge in [0.25, 0.3) is 5.91 Å². The Labute approximate surface area is 168 Å². The van der Waals surface area contributed by atoms with E-state index in [1.807, 2.05) is 0 Å². The van der Waals surface area contributed by atoms with Gasteiger partial charge in [-0.15, -0.1) is 0 Å². The Morgan fingerprint density at radius 3 is 2.34 bits per heavy atom. The molecule has 1 amide bonds. The lowest BCUT2D eigenvalue weighted by atomic mass is 10.0. The molecule has 0 aliphatic carbocycles. The molecule has 158 valence electrons. The van der Waals surface area contributed by atoms with Gasteiger partial charge in [-0.1, -0.05) is 24.2 Å². The molecule has 1 aromatic carbocycles. The van der Waals surface area contributed by atoms with Crippen molar-refractivity contribution in [2.75, 3.05) is 20.2 Å². The molecule has 0 saturated carbocycles. The normalized spacial score (nSPS) is 17.2. The van der Waals surface area contributed by atoms with Crippen molar-refractivity contribution in [2.45, 2.75) is 38.0 Å². The Morgan fingerprint density at radius 2 is 1.83 bits per heavy atom. The van der Waals surface area contributed by atoms with Gasteiger partial charge in [-0.05, 0) is 38.1 Å². The van der Waals surface area contributed by atoms with Crippen molar-refractivity contribution >= 4 is 23.5 Å². The summed E-state index contributed by atoms with van der Waals surface area (Å²) in [6, 6.07) is 5.95. The number of ketones is 1. The number of nitrogens with two attached hydrogens (primary N) is 1. The van der Waals surface area contributed by atoms with Gasteiger partial charge < -0.3 is 31.0 Å². The summed E-state index contributed by atoms with van der Waals surface area (Å²) in [4.78, 5) is 41.9. The highest BCUT2D eigenvalue weighted by Crippen LogP contribution is 2.21. The largest absolute Gasteiger partial charge is 0.477 e. The zero-order chi connectivity index (χ0) is 21.4. The van der Waals surface area contributed by atoms with E-state index in [9.17, 15) is 19.5 Å². The number of benzene rings is 1. The average Bonchev–Trinajstić information content (AvgIpc) is 2.73. The van der Waals surface area contributed by atoms with Gasteiger partial charge in [-0.25, -0.2) is 4.79 Å². The number of ether oxygens (including phenoxy) is 1. The third kappa shape index (κ3) is 5.30. The van der Waals surface area contributed by atoms with Crippen LogP contribution in [0.3, 0.4) is 0 Å². The molecule has 0 aromatic heterocycles. The predicted octanol–water partition coefficient (Wildman–Crippen LogP) is 0.212. The van der Waals surface area contributed by atoms with Crippen LogP contribution < -0.4 is 16.4 Å². The molecule has 0 spiro atoms. The summed E-state index contributed by atoms with van der Waals surface area (Å²) in [6.07, 6.45) is 0.500. The fourth-order valence-electron chi connectivity index (χ4n) is 2.98. The zero-order valence-corrected chi connectivity index (χ0v) is 16.4. The number of carboxylic acids is 1. The van der Waals surface area contributed by atoms with E-state index >= 15 is 0 Å². The molecule has 0 radical (unpaired) electrons. The number of amidine groups is 1. The second-order valence-corrected chi connectivity index (χ2v) is 6.52. The summed E-state index contributed by atoms with van der Waals surface area (Å²) in [5.41, 5.74) is 3.93. The zero-order valence-electron chi connectivity index (χ0n) is 16.4. The Bertz CT molecular complexity index is 773. The van der Waals surface area contributed by atoms with Crippen LogP contribution >= 0.6 is 0 Å². The Hall–Kier alpha value is -2.98. The fraction of sp³-hybridized carbons (Fsp3) is 0.474. The monoisotopic (exact) mass is 406 g/mol. The third-order valence-electron chi connectivity index (χ3n) is 4.57. The molecule has 10 nitrogen and oxygen atoms in total. The third-order valence-corrected chi connectivity index (χ3v) is 4.57. The van der Waals surface area contributed by atoms with Crippen LogP contribution in [0.4, 0.5) is 0 Å². The molecule has 0 bridgehead atoms. The van der Waals surface area contributed by atoms with Gasteiger partial charge in [-0.2, -0.15) is 0 Å². The van der Waals surface area contributed by atoms with E-state index in [2.05, 4.69) is 20.6 Å². The van der Waals surface area contributed by atoms with Crippen molar-refractivity contribution in [1.29, 1.82) is 0 Å². The molecule has 1 aromatic rings. The first kappa shape index (κ1) is 22.3. The van der Waals surface area contributed by atoms with E-state index in [1.54, 1.807) is 0 Å². The topological polar surface area (TPSA) is 152 Å². The van der Waals surface area contributed by atoms with Gasteiger partial charge in [0, 0.05) is 17.5 Å². The highest BCUT2D eigenvalue weighted by molar-refractivity contribution is 6.10. The quantitative estimate of drug-likeness (QED) is 0.149. The summed E-state index contributed by atoms with van der Waals surface area (Å²) >= 11 is 0. The minimum atomic E-state index is -2.44. The maximum atomic E-state index is 12.7. The van der Waals surface area contributed by atoms with Crippen LogP contribution in [0.15, 0.2) is 29.4 Å². The number of nitrogens with one attached hydrogen (secondary N) is 2. The minimum absolute atomic E-state index is 0.111. The maximum Gasteiger partial charge on any atom is 0.365 e. The van der Waals surface area contributed by atoms with Crippen molar-refractivity contribution in [1.82, 2.24) is 10.6 Å². The number of piperidine rings is 1. The number of hydrogen-bond donors (Lipinski definition) is 4. The molecule has 10 heteroatoms. The lowest BCUT2D eigenvalue weighted by Gasteiger charge is -2.34. The maximum absolute atomic E-state index is 12.7. The fourth-order valence-corrected chi connectivity index (χ4v) is 2.98. The number of amides is 1. The van der Waals surface area contributed by atoms with Gasteiger partial charge in [0.2, 0.25) is 0 Å². The number of aliphatic carboxylic acids is 1. The standard InChI is InChI=1S/C19H26N4O6/c1-3-15(24)19(18(26)27,29-14-8-10-21-11-9-14)22-17(25)13-6-4-12(5-7-13)16(20)23-28-2/h4-7,14,21H,3,8-11H2,1-2H3,(H2,20,23)(H,22,25)(H,26,27). The minimum Gasteiger partial charge on any atom is -0.477 e. The first-order chi connectivity index (χ1) is 13.8. The molecule has 1 aliphatic heterocycles. The molecule has 1 unspecified atom stereocenters. The van der Waals surface area contributed by atoms with Crippen LogP contribution in [-0.2, 0) is 19.2 Å². The van der Waals surface area contributed by atoms with E-state index in [0.717, 1.165) is 0 Å². The molecule has 29 heavy (non-hydrogen) atoms. The Balaban J connectivity index is 2.27. The lowest BCUT2D eigenvalue weighted by Crippen LogP contribution is -2.63. The lowest BCUT2D eigenvalue weighted by molar-refractivity contribution is -0.185. The smallest absolute Gasteiger partial charge is 0.365 e. The van der Waals surface area contributed by atoms with Crippen LogP contribution in [0, 0.1) is 0 Å². The van der Waals surface area contributed by atoms with Crippen molar-refractivity contribution in [3.63, 3.8) is 0 Å². The number of carboxylic acid groups (broad SMARTS) is 1. The van der Waals surface area contributed by atoms with E-state index in [0.29, 0.717) is 31.5 Å². The van der Waals surface area contributed by atoms with Gasteiger partial charge >= 0.3 is 11.7 Å². The predicted molar refractivity (Wildman–Crippen MR) is 104 cm³/mol. The second kappa shape index (κ2) is 9.99. The number of carbonyl (C=O) groups is 3. The van der Waals surface area contributed by atoms with Crippen molar-refractivity contribution in [3.8, 4) is 0 Å². The molecule has 1 heterocycles. The van der Waals surface area contributed by atoms with Crippen molar-refractivity contribution in [2.24, 2.45) is 10.9 Å². The second-order valence-electron chi connectivity index (χ2n) is 6.52. The summed E-state index contributed by atoms with van der Waals surface area (Å²) < 4.78 is 5.70. The first-order valence-electron chi connectivity index (χ1n) is 9.28. The highest BCUT2D eigenvalue weighted by atomic mass is 16.6. The number of nitrogens with zero attached hydrogens (tertiary/aromatic N) is 1. The number of oxime groups is 1. The number of rotatable bonds is 9. The van der Waals surface area contributed by atoms with E-state index in [-0.39, 0.29) is 17.8 Å². The van der Waals surface area contributed by atoms with Gasteiger partial charge in [0.15, 0.2) is 11.6 Å². The summed E-state index contributed by atoms with van der Waals surface area (Å²) in [6.45, 7) is 2.80. The van der Waals surface area contributed by atoms with Crippen LogP contribution in [0.1, 0.15) is 42.1 Å². The number of hydrogen-bond acceptors (Lipinski definition) is 7. The highest BCUT2D eigenvalue weighted by Gasteiger charge is 2.50. The van der Waals surface area contributed by atoms with Crippen LogP contribution in [0.5, 0.6) is 0 Å². The Kier molecular flexibility index (Phi) is 7.68. The van der Waals surface area contributed by atoms with E-state index < -0.39 is 29.5 Å². The molecule has 2 rings (SSSR count). The summed E-state index contributed by atoms with van der Waals surface area (Å²) in [7, 11) is 1.35. The van der Waals surface area contributed by atoms with Crippen LogP contribution in [0.25, 0.3) is 0 Å². The molecular weight excluding hydrogens is 380 g/mol. The SMILES string of the molecule is CCC(=O)C(NC(=O)c1ccc(/C(N)=N\OC)cc1)(OC1CCNCC1)C(=O)O. The average molecular weight is 406 g/mol.